The van der Waals surface area contributed by atoms with Crippen molar-refractivity contribution in [3.8, 4) is 5.75 Å². The minimum absolute atomic E-state index is 0.226. The number of amides is 1. The average molecular weight is 479 g/mol. The molecule has 6 nitrogen and oxygen atoms in total. The van der Waals surface area contributed by atoms with Gasteiger partial charge in [0.05, 0.1) is 4.70 Å². The van der Waals surface area contributed by atoms with Crippen molar-refractivity contribution in [3.05, 3.63) is 54.1 Å². The van der Waals surface area contributed by atoms with Gasteiger partial charge in [-0.3, -0.25) is 4.90 Å². The van der Waals surface area contributed by atoms with Gasteiger partial charge < -0.3 is 15.0 Å². The number of benzene rings is 2. The van der Waals surface area contributed by atoms with E-state index in [0.717, 1.165) is 56.3 Å². The van der Waals surface area contributed by atoms with E-state index in [4.69, 9.17) is 9.11 Å². The van der Waals surface area contributed by atoms with Crippen molar-refractivity contribution in [2.75, 3.05) is 37.6 Å². The molecular formula is C27H34N4O2S. The lowest BCUT2D eigenvalue weighted by atomic mass is 9.84. The van der Waals surface area contributed by atoms with Crippen LogP contribution in [0, 0.1) is 12.8 Å². The number of nitrogens with zero attached hydrogens (tertiary/aromatic N) is 3. The maximum absolute atomic E-state index is 12.3. The van der Waals surface area contributed by atoms with Crippen molar-refractivity contribution in [2.24, 2.45) is 5.92 Å². The predicted molar refractivity (Wildman–Crippen MR) is 139 cm³/mol. The van der Waals surface area contributed by atoms with Crippen LogP contribution in [0.1, 0.15) is 37.7 Å². The summed E-state index contributed by atoms with van der Waals surface area (Å²) >= 11 is 1.60. The van der Waals surface area contributed by atoms with Gasteiger partial charge in [-0.2, -0.15) is 4.37 Å². The first kappa shape index (κ1) is 23.1. The number of piperazine rings is 1. The number of ether oxygens (including phenoxy) is 1. The van der Waals surface area contributed by atoms with Crippen LogP contribution in [0.25, 0.3) is 10.1 Å². The fraction of sp³-hybridized carbons (Fsp3) is 0.481. The molecule has 1 aliphatic heterocycles. The standard InChI is InChI=1S/C27H34N4O2S/c1-20-6-2-4-8-24(20)33-27(32)28-22-12-10-21(11-13-22)14-15-30-16-18-31(19-17-30)26-23-7-3-5-9-25(23)34-29-26/h2-9,21-22H,10-19H2,1H3,(H,28,32). The Labute approximate surface area is 206 Å². The third-order valence-corrected chi connectivity index (χ3v) is 8.17. The fourth-order valence-corrected chi connectivity index (χ4v) is 6.01. The van der Waals surface area contributed by atoms with Crippen molar-refractivity contribution in [1.82, 2.24) is 14.6 Å². The molecule has 0 bridgehead atoms. The van der Waals surface area contributed by atoms with Crippen molar-refractivity contribution >= 4 is 33.5 Å². The number of aryl methyl sites for hydroxylation is 1. The van der Waals surface area contributed by atoms with Crippen LogP contribution in [0.4, 0.5) is 10.6 Å². The van der Waals surface area contributed by atoms with Gasteiger partial charge in [-0.05, 0) is 86.8 Å². The van der Waals surface area contributed by atoms with Crippen LogP contribution < -0.4 is 15.0 Å². The zero-order valence-electron chi connectivity index (χ0n) is 19.9. The third kappa shape index (κ3) is 5.53. The van der Waals surface area contributed by atoms with E-state index in [-0.39, 0.29) is 12.1 Å². The minimum atomic E-state index is -0.330. The lowest BCUT2D eigenvalue weighted by molar-refractivity contribution is 0.182. The molecule has 1 N–H and O–H groups in total. The van der Waals surface area contributed by atoms with Crippen molar-refractivity contribution in [2.45, 2.75) is 45.1 Å². The molecule has 2 aromatic carbocycles. The first-order valence-corrected chi connectivity index (χ1v) is 13.3. The molecule has 0 atom stereocenters. The van der Waals surface area contributed by atoms with Gasteiger partial charge in [0.25, 0.3) is 0 Å². The molecule has 2 aliphatic rings. The molecule has 34 heavy (non-hydrogen) atoms. The summed E-state index contributed by atoms with van der Waals surface area (Å²) in [7, 11) is 0. The van der Waals surface area contributed by atoms with E-state index >= 15 is 0 Å². The molecule has 1 saturated heterocycles. The maximum Gasteiger partial charge on any atom is 0.412 e. The Morgan fingerprint density at radius 1 is 1.03 bits per heavy atom. The number of nitrogens with one attached hydrogen (secondary N) is 1. The second-order valence-corrected chi connectivity index (χ2v) is 10.4. The van der Waals surface area contributed by atoms with Crippen molar-refractivity contribution in [3.63, 3.8) is 0 Å². The van der Waals surface area contributed by atoms with Crippen LogP contribution >= 0.6 is 11.5 Å². The number of anilines is 1. The highest BCUT2D eigenvalue weighted by molar-refractivity contribution is 7.13. The normalized spacial score (nSPS) is 21.5. The van der Waals surface area contributed by atoms with E-state index in [1.807, 2.05) is 31.2 Å². The fourth-order valence-electron chi connectivity index (χ4n) is 5.21. The Kier molecular flexibility index (Phi) is 7.30. The number of carbonyl (C=O) groups excluding carboxylic acids is 1. The Hall–Kier alpha value is -2.64. The highest BCUT2D eigenvalue weighted by Crippen LogP contribution is 2.31. The molecular weight excluding hydrogens is 444 g/mol. The van der Waals surface area contributed by atoms with Gasteiger partial charge in [0.1, 0.15) is 11.6 Å². The van der Waals surface area contributed by atoms with E-state index < -0.39 is 0 Å². The molecule has 0 unspecified atom stereocenters. The zero-order valence-corrected chi connectivity index (χ0v) is 20.7. The van der Waals surface area contributed by atoms with E-state index in [0.29, 0.717) is 5.75 Å². The monoisotopic (exact) mass is 478 g/mol. The third-order valence-electron chi connectivity index (χ3n) is 7.35. The molecule has 5 rings (SSSR count). The van der Waals surface area contributed by atoms with Gasteiger partial charge in [0, 0.05) is 37.6 Å². The molecule has 1 amide bonds. The topological polar surface area (TPSA) is 57.7 Å². The summed E-state index contributed by atoms with van der Waals surface area (Å²) in [4.78, 5) is 17.3. The minimum Gasteiger partial charge on any atom is -0.410 e. The average Bonchev–Trinajstić information content (AvgIpc) is 3.30. The molecule has 7 heteroatoms. The number of fused-ring (bicyclic) bond motifs is 1. The number of carbonyl (C=O) groups is 1. The smallest absolute Gasteiger partial charge is 0.410 e. The predicted octanol–water partition coefficient (Wildman–Crippen LogP) is 5.46. The summed E-state index contributed by atoms with van der Waals surface area (Å²) in [5.41, 5.74) is 0.974. The first-order chi connectivity index (χ1) is 16.7. The Bertz CT molecular complexity index is 1100. The number of aromatic nitrogens is 1. The summed E-state index contributed by atoms with van der Waals surface area (Å²) in [6.45, 7) is 7.43. The van der Waals surface area contributed by atoms with Crippen molar-refractivity contribution in [1.29, 1.82) is 0 Å². The van der Waals surface area contributed by atoms with Gasteiger partial charge in [-0.25, -0.2) is 4.79 Å². The van der Waals surface area contributed by atoms with Gasteiger partial charge in [-0.1, -0.05) is 30.3 Å². The van der Waals surface area contributed by atoms with Gasteiger partial charge in [-0.15, -0.1) is 0 Å². The molecule has 3 aromatic rings. The van der Waals surface area contributed by atoms with Gasteiger partial charge in [0.15, 0.2) is 0 Å². The lowest BCUT2D eigenvalue weighted by Gasteiger charge is -2.36. The number of hydrogen-bond donors (Lipinski definition) is 1. The Morgan fingerprint density at radius 3 is 2.56 bits per heavy atom. The van der Waals surface area contributed by atoms with Crippen LogP contribution in [0.15, 0.2) is 48.5 Å². The highest BCUT2D eigenvalue weighted by Gasteiger charge is 2.25. The largest absolute Gasteiger partial charge is 0.412 e. The van der Waals surface area contributed by atoms with Crippen LogP contribution in [0.3, 0.4) is 0 Å². The van der Waals surface area contributed by atoms with E-state index in [9.17, 15) is 4.79 Å². The van der Waals surface area contributed by atoms with E-state index in [2.05, 4.69) is 39.4 Å². The van der Waals surface area contributed by atoms with Crippen LogP contribution in [-0.4, -0.2) is 54.1 Å². The summed E-state index contributed by atoms with van der Waals surface area (Å²) in [5.74, 6) is 2.55. The SMILES string of the molecule is Cc1ccccc1OC(=O)NC1CCC(CCN2CCN(c3nsc4ccccc34)CC2)CC1. The molecule has 180 valence electrons. The molecule has 1 aliphatic carbocycles. The zero-order chi connectivity index (χ0) is 23.3. The summed E-state index contributed by atoms with van der Waals surface area (Å²) < 4.78 is 11.5. The molecule has 0 radical (unpaired) electrons. The number of hydrogen-bond acceptors (Lipinski definition) is 6. The van der Waals surface area contributed by atoms with Crippen molar-refractivity contribution < 1.29 is 9.53 Å². The molecule has 0 spiro atoms. The summed E-state index contributed by atoms with van der Waals surface area (Å²) in [6, 6.07) is 16.4. The van der Waals surface area contributed by atoms with Gasteiger partial charge >= 0.3 is 6.09 Å². The molecule has 2 fully saturated rings. The second kappa shape index (κ2) is 10.7. The Balaban J connectivity index is 1.01. The second-order valence-electron chi connectivity index (χ2n) is 9.64. The van der Waals surface area contributed by atoms with Crippen LogP contribution in [0.2, 0.25) is 0 Å². The first-order valence-electron chi connectivity index (χ1n) is 12.5. The molecule has 1 saturated carbocycles. The number of rotatable bonds is 6. The summed E-state index contributed by atoms with van der Waals surface area (Å²) in [6.07, 6.45) is 5.36. The quantitative estimate of drug-likeness (QED) is 0.510. The Morgan fingerprint density at radius 2 is 1.76 bits per heavy atom. The van der Waals surface area contributed by atoms with Crippen LogP contribution in [0.5, 0.6) is 5.75 Å². The molecule has 2 heterocycles. The van der Waals surface area contributed by atoms with E-state index in [1.54, 1.807) is 11.5 Å². The highest BCUT2D eigenvalue weighted by atomic mass is 32.1. The molecule has 1 aromatic heterocycles. The van der Waals surface area contributed by atoms with Crippen LogP contribution in [-0.2, 0) is 0 Å². The lowest BCUT2D eigenvalue weighted by Crippen LogP contribution is -2.47. The van der Waals surface area contributed by atoms with E-state index in [1.165, 1.54) is 35.9 Å². The number of para-hydroxylation sites is 1. The maximum atomic E-state index is 12.3. The van der Waals surface area contributed by atoms with Gasteiger partial charge in [0.2, 0.25) is 0 Å². The summed E-state index contributed by atoms with van der Waals surface area (Å²) in [5, 5.41) is 4.36.